The molecule has 12 aromatic rings. The molecule has 550 valence electrons. The van der Waals surface area contributed by atoms with Crippen molar-refractivity contribution in [3.8, 4) is 31.9 Å². The predicted octanol–water partition coefficient (Wildman–Crippen LogP) is 17.0. The Morgan fingerprint density at radius 3 is 1.42 bits per heavy atom. The number of aromatic carboxylic acids is 1. The summed E-state index contributed by atoms with van der Waals surface area (Å²) in [6.07, 6.45) is 13.3. The Morgan fingerprint density at radius 1 is 0.594 bits per heavy atom. The van der Waals surface area contributed by atoms with Crippen molar-refractivity contribution in [1.29, 1.82) is 0 Å². The topological polar surface area (TPSA) is 310 Å². The molecule has 30 heteroatoms. The Balaban J connectivity index is 0.000000168. The maximum Gasteiger partial charge on any atom is 0.414 e. The maximum atomic E-state index is 13.6. The second kappa shape index (κ2) is 31.8. The first kappa shape index (κ1) is 74.7. The third kappa shape index (κ3) is 16.6. The fourth-order valence-corrected chi connectivity index (χ4v) is 16.1. The molecule has 5 amide bonds. The smallest absolute Gasteiger partial charge is 0.414 e. The van der Waals surface area contributed by atoms with Gasteiger partial charge in [-0.15, -0.1) is 46.4 Å². The number of imidazole rings is 2. The van der Waals surface area contributed by atoms with Crippen molar-refractivity contribution in [1.82, 2.24) is 44.3 Å². The number of aromatic nitrogens is 7. The van der Waals surface area contributed by atoms with Crippen LogP contribution in [0.25, 0.3) is 54.0 Å². The first-order chi connectivity index (χ1) is 50.2. The summed E-state index contributed by atoms with van der Waals surface area (Å²) in [5.41, 5.74) is 5.89. The van der Waals surface area contributed by atoms with Crippen LogP contribution in [0.2, 0.25) is 0 Å². The van der Waals surface area contributed by atoms with Crippen LogP contribution >= 0.6 is 46.4 Å². The number of carboxylic acid groups (broad SMARTS) is 1. The fourth-order valence-electron chi connectivity index (χ4n) is 13.6. The summed E-state index contributed by atoms with van der Waals surface area (Å²) in [6, 6.07) is 41.1. The van der Waals surface area contributed by atoms with E-state index in [4.69, 9.17) is 42.5 Å². The second-order valence-electron chi connectivity index (χ2n) is 27.2. The number of nitrogens with one attached hydrogen (secondary N) is 3. The lowest BCUT2D eigenvalue weighted by Crippen LogP contribution is -2.43. The fraction of sp³-hybridized carbons (Fsp3) is 0.303. The van der Waals surface area contributed by atoms with Gasteiger partial charge in [-0.25, -0.2) is 44.1 Å². The normalized spacial score (nSPS) is 17.7. The number of hydrogen-bond acceptors (Lipinski definition) is 21. The van der Waals surface area contributed by atoms with E-state index in [9.17, 15) is 28.8 Å². The van der Waals surface area contributed by atoms with E-state index in [0.717, 1.165) is 88.4 Å². The highest BCUT2D eigenvalue weighted by Gasteiger charge is 2.52. The molecule has 0 radical (unpaired) electrons. The van der Waals surface area contributed by atoms with Gasteiger partial charge in [0.15, 0.2) is 36.5 Å². The molecule has 2 aliphatic carbocycles. The van der Waals surface area contributed by atoms with Gasteiger partial charge in [-0.2, -0.15) is 0 Å². The third-order valence-electron chi connectivity index (χ3n) is 18.9. The van der Waals surface area contributed by atoms with Crippen LogP contribution < -0.4 is 25.8 Å². The first-order valence-corrected chi connectivity index (χ1v) is 36.1. The summed E-state index contributed by atoms with van der Waals surface area (Å²) < 4.78 is 36.7. The van der Waals surface area contributed by atoms with Crippen LogP contribution in [0.15, 0.2) is 184 Å². The molecule has 16 rings (SSSR count). The molecular formula is C76H78ClN13O13S3. The molecule has 4 fully saturated rings. The monoisotopic (exact) mass is 1510 g/mol. The van der Waals surface area contributed by atoms with Crippen molar-refractivity contribution in [2.75, 3.05) is 60.7 Å². The lowest BCUT2D eigenvalue weighted by Gasteiger charge is -2.46. The van der Waals surface area contributed by atoms with E-state index in [1.165, 1.54) is 63.0 Å². The summed E-state index contributed by atoms with van der Waals surface area (Å²) in [7, 11) is 3.34. The number of carbonyl (C=O) groups excluding carboxylic acids is 5. The second-order valence-corrected chi connectivity index (χ2v) is 30.4. The van der Waals surface area contributed by atoms with E-state index in [-0.39, 0.29) is 68.5 Å². The number of carbonyl (C=O) groups is 6. The highest BCUT2D eigenvalue weighted by Crippen LogP contribution is 2.56. The number of fused-ring (bicyclic) bond motifs is 2. The van der Waals surface area contributed by atoms with Crippen LogP contribution in [0.5, 0.6) is 0 Å². The van der Waals surface area contributed by atoms with Gasteiger partial charge >= 0.3 is 24.2 Å². The van der Waals surface area contributed by atoms with Crippen LogP contribution in [0, 0.1) is 10.8 Å². The number of ether oxygens (including phenoxy) is 3. The summed E-state index contributed by atoms with van der Waals surface area (Å²) in [5, 5.41) is 18.3. The number of benzene rings is 4. The van der Waals surface area contributed by atoms with Gasteiger partial charge in [-0.05, 0) is 161 Å². The Hall–Kier alpha value is -11.0. The van der Waals surface area contributed by atoms with Gasteiger partial charge in [0, 0.05) is 57.2 Å². The minimum atomic E-state index is -0.921. The average Bonchev–Trinajstić information content (AvgIpc) is 1.59. The number of carboxylic acids is 1. The quantitative estimate of drug-likeness (QED) is 0.0653. The predicted molar refractivity (Wildman–Crippen MR) is 407 cm³/mol. The molecule has 0 unspecified atom stereocenters. The number of rotatable bonds is 16. The van der Waals surface area contributed by atoms with Crippen LogP contribution in [0.3, 0.4) is 0 Å². The van der Waals surface area contributed by atoms with Gasteiger partial charge < -0.3 is 51.9 Å². The Labute approximate surface area is 627 Å². The number of halogens is 1. The van der Waals surface area contributed by atoms with E-state index in [2.05, 4.69) is 40.0 Å². The average molecular weight is 1510 g/mol. The zero-order valence-electron chi connectivity index (χ0n) is 57.8. The number of oxazole rings is 3. The van der Waals surface area contributed by atoms with Gasteiger partial charge in [0.25, 0.3) is 11.8 Å². The van der Waals surface area contributed by atoms with Crippen molar-refractivity contribution in [3.63, 3.8) is 0 Å². The highest BCUT2D eigenvalue weighted by atomic mass is 35.5. The van der Waals surface area contributed by atoms with E-state index in [0.29, 0.717) is 84.7 Å². The number of amides is 5. The molecule has 2 saturated heterocycles. The van der Waals surface area contributed by atoms with Crippen LogP contribution in [-0.4, -0.2) is 126 Å². The van der Waals surface area contributed by atoms with Crippen LogP contribution in [0.1, 0.15) is 119 Å². The number of anilines is 4. The van der Waals surface area contributed by atoms with E-state index in [1.807, 2.05) is 130 Å². The molecular weight excluding hydrogens is 1430 g/mol. The Kier molecular flexibility index (Phi) is 22.4. The van der Waals surface area contributed by atoms with Crippen molar-refractivity contribution in [2.24, 2.45) is 10.8 Å². The zero-order valence-corrected chi connectivity index (χ0v) is 61.0. The molecule has 2 aliphatic heterocycles. The van der Waals surface area contributed by atoms with Crippen molar-refractivity contribution < 1.29 is 61.3 Å². The Bertz CT molecular complexity index is 5050. The van der Waals surface area contributed by atoms with E-state index in [1.54, 1.807) is 61.9 Å². The molecule has 0 bridgehead atoms. The number of thiophene rings is 3. The summed E-state index contributed by atoms with van der Waals surface area (Å²) in [5.74, 6) is 1.28. The number of nitrogens with zero attached hydrogens (tertiary/aromatic N) is 10. The van der Waals surface area contributed by atoms with Gasteiger partial charge in [0.05, 0.1) is 65.0 Å². The molecule has 8 aromatic heterocycles. The zero-order chi connectivity index (χ0) is 72.3. The molecule has 4 aliphatic rings. The molecule has 2 spiro atoms. The summed E-state index contributed by atoms with van der Waals surface area (Å²) in [6.45, 7) is 9.32. The molecule has 106 heavy (non-hydrogen) atoms. The highest BCUT2D eigenvalue weighted by molar-refractivity contribution is 7.18. The van der Waals surface area contributed by atoms with Crippen molar-refractivity contribution in [2.45, 2.75) is 97.6 Å². The minimum absolute atomic E-state index is 0. The van der Waals surface area contributed by atoms with E-state index < -0.39 is 23.8 Å². The van der Waals surface area contributed by atoms with Crippen LogP contribution in [-0.2, 0) is 27.4 Å². The van der Waals surface area contributed by atoms with E-state index >= 15 is 0 Å². The molecule has 26 nitrogen and oxygen atoms in total. The minimum Gasteiger partial charge on any atom is -0.477 e. The van der Waals surface area contributed by atoms with Crippen molar-refractivity contribution in [3.05, 3.63) is 197 Å². The molecule has 4 N–H and O–H groups in total. The largest absolute Gasteiger partial charge is 0.477 e. The van der Waals surface area contributed by atoms with Gasteiger partial charge in [-0.1, -0.05) is 68.1 Å². The first-order valence-electron chi connectivity index (χ1n) is 33.7. The number of likely N-dealkylation sites (tertiary alicyclic amines) is 1. The summed E-state index contributed by atoms with van der Waals surface area (Å²) >= 11 is 3.81. The standard InChI is InChI=1S/C36H38N6O6S.C31H30N6O4S.C8H5NO3S.CH4.ClH/c1-35(2,3)48-34(45)41-15-14-36(21-41)17-25(18-36)42-27-11-10-24(40(4)33(44)46-20-23-8-6-5-7-9-23)16-26(27)38-32(42)39-31(43)30-13-12-29(49-30)28-19-37-22-47-28;1-36(30(39)40-17-20-5-3-2-4-6-20)21-7-8-24-23(13-21)34-29(37(24)22-14-31(15-22)11-12-32-18-31)35-28(38)27-10-9-26(42-27)25-16-33-19-41-25;10-8(11)7-2-1-6(13-7)5-3-9-4-12-5;;/h5-13,16,19,22,25H,14-15,17-18,20-21H2,1-4H3,(H,38,39,43);2-10,13,16,19,22,32H,11-12,14-15,17-18H2,1H3,(H,34,35,38);1-4H,(H,10,11);1H4;1H. The molecule has 10 heterocycles. The van der Waals surface area contributed by atoms with Gasteiger partial charge in [0.1, 0.15) is 23.7 Å². The Morgan fingerprint density at radius 2 is 1.03 bits per heavy atom. The molecule has 0 atom stereocenters. The third-order valence-corrected chi connectivity index (χ3v) is 22.1. The SMILES string of the molecule is C.CN(C(=O)OCc1ccccc1)c1ccc2c(c1)nc(NC(=O)c1ccc(-c3cnco3)s1)n2C1CC2(CCN(C(=O)OC(C)(C)C)C2)C1.CN(C(=O)OCc1ccccc1)c1ccc2c(c1)nc(NC(=O)c1ccc(-c3cnco3)s1)n2C1CC2(CCNC2)C1.Cl.O=C(O)c1ccc(-c2cnco2)s1. The molecule has 4 aromatic carbocycles. The molecule has 2 saturated carbocycles. The van der Waals surface area contributed by atoms with Crippen molar-refractivity contribution >= 4 is 128 Å². The lowest BCUT2D eigenvalue weighted by atomic mass is 9.65. The summed E-state index contributed by atoms with van der Waals surface area (Å²) in [4.78, 5) is 106. The van der Waals surface area contributed by atoms with Gasteiger partial charge in [0.2, 0.25) is 11.9 Å². The number of hydrogen-bond donors (Lipinski definition) is 4. The lowest BCUT2D eigenvalue weighted by molar-refractivity contribution is 0.0199. The maximum absolute atomic E-state index is 13.6. The van der Waals surface area contributed by atoms with Crippen LogP contribution in [0.4, 0.5) is 37.7 Å². The van der Waals surface area contributed by atoms with Gasteiger partial charge in [-0.3, -0.25) is 30.0 Å².